The smallest absolute Gasteiger partial charge is 0.319 e. The molecule has 2 aromatic carbocycles. The number of benzene rings is 2. The first-order valence-electron chi connectivity index (χ1n) is 9.02. The van der Waals surface area contributed by atoms with Crippen LogP contribution < -0.4 is 16.0 Å². The number of ketones is 1. The molecule has 1 aliphatic heterocycles. The Hall–Kier alpha value is -3.20. The van der Waals surface area contributed by atoms with E-state index in [1.54, 1.807) is 42.5 Å². The number of amides is 3. The van der Waals surface area contributed by atoms with Gasteiger partial charge in [0, 0.05) is 28.5 Å². The number of anilines is 2. The van der Waals surface area contributed by atoms with Gasteiger partial charge in [-0.25, -0.2) is 13.2 Å². The maximum atomic E-state index is 12.4. The minimum absolute atomic E-state index is 0.0601. The van der Waals surface area contributed by atoms with E-state index in [4.69, 9.17) is 0 Å². The molecule has 1 atom stereocenters. The summed E-state index contributed by atoms with van der Waals surface area (Å²) in [5, 5.41) is 7.97. The van der Waals surface area contributed by atoms with Crippen molar-refractivity contribution in [3.8, 4) is 0 Å². The topological polar surface area (TPSA) is 121 Å². The van der Waals surface area contributed by atoms with Crippen LogP contribution in [0.1, 0.15) is 34.1 Å². The van der Waals surface area contributed by atoms with E-state index in [-0.39, 0.29) is 23.2 Å². The molecule has 0 spiro atoms. The van der Waals surface area contributed by atoms with Gasteiger partial charge >= 0.3 is 6.03 Å². The molecule has 3 N–H and O–H groups in total. The van der Waals surface area contributed by atoms with Crippen molar-refractivity contribution in [1.29, 1.82) is 0 Å². The molecule has 0 unspecified atom stereocenters. The number of sulfone groups is 1. The van der Waals surface area contributed by atoms with E-state index in [1.165, 1.54) is 13.0 Å². The Morgan fingerprint density at radius 1 is 0.931 bits per heavy atom. The Morgan fingerprint density at radius 2 is 1.66 bits per heavy atom. The van der Waals surface area contributed by atoms with Crippen LogP contribution in [0, 0.1) is 0 Å². The molecule has 0 radical (unpaired) electrons. The molecule has 0 aromatic heterocycles. The fraction of sp³-hybridized carbons (Fsp3) is 0.250. The van der Waals surface area contributed by atoms with Crippen molar-refractivity contribution in [3.63, 3.8) is 0 Å². The van der Waals surface area contributed by atoms with Crippen LogP contribution in [0.5, 0.6) is 0 Å². The lowest BCUT2D eigenvalue weighted by atomic mass is 10.1. The summed E-state index contributed by atoms with van der Waals surface area (Å²) in [6.07, 6.45) is 0.390. The Bertz CT molecular complexity index is 1050. The van der Waals surface area contributed by atoms with Gasteiger partial charge in [-0.2, -0.15) is 0 Å². The van der Waals surface area contributed by atoms with Crippen LogP contribution in [-0.2, 0) is 9.84 Å². The molecule has 3 amide bonds. The van der Waals surface area contributed by atoms with Crippen LogP contribution in [0.15, 0.2) is 48.5 Å². The van der Waals surface area contributed by atoms with E-state index in [9.17, 15) is 22.8 Å². The summed E-state index contributed by atoms with van der Waals surface area (Å²) in [5.74, 6) is -0.423. The van der Waals surface area contributed by atoms with Crippen LogP contribution in [0.4, 0.5) is 16.2 Å². The van der Waals surface area contributed by atoms with Gasteiger partial charge in [0.2, 0.25) is 0 Å². The summed E-state index contributed by atoms with van der Waals surface area (Å²) >= 11 is 0. The van der Waals surface area contributed by atoms with Gasteiger partial charge in [-0.05, 0) is 55.8 Å². The van der Waals surface area contributed by atoms with Crippen LogP contribution in [0.3, 0.4) is 0 Å². The Labute approximate surface area is 168 Å². The summed E-state index contributed by atoms with van der Waals surface area (Å²) in [7, 11) is -3.08. The second-order valence-corrected chi connectivity index (χ2v) is 9.10. The molecule has 1 saturated heterocycles. The normalized spacial score (nSPS) is 17.3. The SMILES string of the molecule is CC(=O)c1ccc(NC(=O)c2cccc(NC(=O)N[C@H]3CCS(=O)(=O)C3)c2)cc1. The number of hydrogen-bond acceptors (Lipinski definition) is 5. The van der Waals surface area contributed by atoms with Gasteiger partial charge in [0.15, 0.2) is 15.6 Å². The summed E-state index contributed by atoms with van der Waals surface area (Å²) in [4.78, 5) is 35.9. The van der Waals surface area contributed by atoms with Crippen molar-refractivity contribution < 1.29 is 22.8 Å². The number of hydrogen-bond donors (Lipinski definition) is 3. The lowest BCUT2D eigenvalue weighted by Crippen LogP contribution is -2.38. The highest BCUT2D eigenvalue weighted by atomic mass is 32.2. The molecule has 29 heavy (non-hydrogen) atoms. The lowest BCUT2D eigenvalue weighted by Gasteiger charge is -2.13. The van der Waals surface area contributed by atoms with Gasteiger partial charge in [-0.3, -0.25) is 9.59 Å². The van der Waals surface area contributed by atoms with Crippen LogP contribution >= 0.6 is 0 Å². The van der Waals surface area contributed by atoms with Gasteiger partial charge in [-0.15, -0.1) is 0 Å². The van der Waals surface area contributed by atoms with Crippen molar-refractivity contribution in [2.75, 3.05) is 22.1 Å². The van der Waals surface area contributed by atoms with E-state index in [2.05, 4.69) is 16.0 Å². The van der Waals surface area contributed by atoms with Crippen LogP contribution in [0.25, 0.3) is 0 Å². The fourth-order valence-electron chi connectivity index (χ4n) is 2.99. The zero-order valence-electron chi connectivity index (χ0n) is 15.8. The van der Waals surface area contributed by atoms with E-state index >= 15 is 0 Å². The van der Waals surface area contributed by atoms with Crippen molar-refractivity contribution in [3.05, 3.63) is 59.7 Å². The molecule has 152 valence electrons. The number of nitrogens with one attached hydrogen (secondary N) is 3. The third-order valence-corrected chi connectivity index (χ3v) is 6.27. The lowest BCUT2D eigenvalue weighted by molar-refractivity contribution is 0.101. The monoisotopic (exact) mass is 415 g/mol. The summed E-state index contributed by atoms with van der Waals surface area (Å²) in [5.41, 5.74) is 1.83. The van der Waals surface area contributed by atoms with E-state index in [0.717, 1.165) is 0 Å². The molecular weight excluding hydrogens is 394 g/mol. The average Bonchev–Trinajstić information content (AvgIpc) is 3.00. The van der Waals surface area contributed by atoms with E-state index in [1.807, 2.05) is 0 Å². The summed E-state index contributed by atoms with van der Waals surface area (Å²) in [6, 6.07) is 12.0. The van der Waals surface area contributed by atoms with Crippen molar-refractivity contribution in [2.45, 2.75) is 19.4 Å². The van der Waals surface area contributed by atoms with Crippen molar-refractivity contribution in [2.24, 2.45) is 0 Å². The minimum Gasteiger partial charge on any atom is -0.334 e. The van der Waals surface area contributed by atoms with Gasteiger partial charge < -0.3 is 16.0 Å². The quantitative estimate of drug-likeness (QED) is 0.648. The van der Waals surface area contributed by atoms with Crippen molar-refractivity contribution >= 4 is 38.9 Å². The third kappa shape index (κ3) is 5.64. The molecule has 2 aromatic rings. The molecule has 0 saturated carbocycles. The zero-order valence-corrected chi connectivity index (χ0v) is 16.6. The standard InChI is InChI=1S/C20H21N3O5S/c1-13(24)14-5-7-16(8-6-14)21-19(25)15-3-2-4-17(11-15)22-20(26)23-18-9-10-29(27,28)12-18/h2-8,11,18H,9-10,12H2,1H3,(H,21,25)(H2,22,23,26)/t18-/m0/s1. The first-order chi connectivity index (χ1) is 13.7. The predicted molar refractivity (Wildman–Crippen MR) is 110 cm³/mol. The summed E-state index contributed by atoms with van der Waals surface area (Å²) < 4.78 is 22.9. The fourth-order valence-corrected chi connectivity index (χ4v) is 4.66. The predicted octanol–water partition coefficient (Wildman–Crippen LogP) is 2.45. The largest absolute Gasteiger partial charge is 0.334 e. The molecule has 0 bridgehead atoms. The molecular formula is C20H21N3O5S. The molecule has 1 aliphatic rings. The molecule has 8 nitrogen and oxygen atoms in total. The molecule has 1 fully saturated rings. The highest BCUT2D eigenvalue weighted by molar-refractivity contribution is 7.91. The average molecular weight is 415 g/mol. The molecule has 0 aliphatic carbocycles. The maximum absolute atomic E-state index is 12.4. The molecule has 1 heterocycles. The first kappa shape index (κ1) is 20.5. The number of urea groups is 1. The third-order valence-electron chi connectivity index (χ3n) is 4.50. The minimum atomic E-state index is -3.08. The van der Waals surface area contributed by atoms with Gasteiger partial charge in [0.25, 0.3) is 5.91 Å². The molecule has 9 heteroatoms. The number of Topliss-reactive ketones (excluding diaryl/α,β-unsaturated/α-hetero) is 1. The second-order valence-electron chi connectivity index (χ2n) is 6.87. The number of rotatable bonds is 5. The van der Waals surface area contributed by atoms with Crippen molar-refractivity contribution in [1.82, 2.24) is 5.32 Å². The number of carbonyl (C=O) groups is 3. The van der Waals surface area contributed by atoms with Gasteiger partial charge in [0.05, 0.1) is 11.5 Å². The van der Waals surface area contributed by atoms with Gasteiger partial charge in [0.1, 0.15) is 0 Å². The van der Waals surface area contributed by atoms with Crippen LogP contribution in [0.2, 0.25) is 0 Å². The van der Waals surface area contributed by atoms with Crippen LogP contribution in [-0.4, -0.2) is 43.7 Å². The highest BCUT2D eigenvalue weighted by Gasteiger charge is 2.28. The molecule has 3 rings (SSSR count). The Balaban J connectivity index is 1.60. The van der Waals surface area contributed by atoms with Gasteiger partial charge in [-0.1, -0.05) is 6.07 Å². The highest BCUT2D eigenvalue weighted by Crippen LogP contribution is 2.16. The van der Waals surface area contributed by atoms with E-state index in [0.29, 0.717) is 28.9 Å². The van der Waals surface area contributed by atoms with E-state index < -0.39 is 21.9 Å². The zero-order chi connectivity index (χ0) is 21.0. The Kier molecular flexibility index (Phi) is 5.97. The number of carbonyl (C=O) groups excluding carboxylic acids is 3. The Morgan fingerprint density at radius 3 is 2.28 bits per heavy atom. The summed E-state index contributed by atoms with van der Waals surface area (Å²) in [6.45, 7) is 1.47. The first-order valence-corrected chi connectivity index (χ1v) is 10.8. The maximum Gasteiger partial charge on any atom is 0.319 e. The second kappa shape index (κ2) is 8.44.